The van der Waals surface area contributed by atoms with E-state index in [2.05, 4.69) is 38.1 Å². The average Bonchev–Trinajstić information content (AvgIpc) is 2.18. The van der Waals surface area contributed by atoms with Crippen LogP contribution in [0.15, 0.2) is 35.2 Å². The second-order valence-electron chi connectivity index (χ2n) is 3.73. The van der Waals surface area contributed by atoms with Gasteiger partial charge in [0.1, 0.15) is 0 Å². The molecule has 1 nitrogen and oxygen atoms in total. The predicted molar refractivity (Wildman–Crippen MR) is 62.6 cm³/mol. The van der Waals surface area contributed by atoms with Gasteiger partial charge in [-0.2, -0.15) is 0 Å². The first kappa shape index (κ1) is 11.6. The fourth-order valence-corrected chi connectivity index (χ4v) is 2.49. The first-order valence-electron chi connectivity index (χ1n) is 5.06. The van der Waals surface area contributed by atoms with Crippen molar-refractivity contribution in [2.75, 3.05) is 6.61 Å². The molecular weight excluding hydrogens is 192 g/mol. The van der Waals surface area contributed by atoms with Gasteiger partial charge < -0.3 is 5.11 Å². The molecule has 0 radical (unpaired) electrons. The molecule has 1 aromatic rings. The molecule has 0 fully saturated rings. The molecule has 1 rings (SSSR count). The van der Waals surface area contributed by atoms with Crippen LogP contribution in [0.1, 0.15) is 20.3 Å². The highest BCUT2D eigenvalue weighted by atomic mass is 32.2. The number of thioether (sulfide) groups is 1. The fraction of sp³-hybridized carbons (Fsp3) is 0.500. The summed E-state index contributed by atoms with van der Waals surface area (Å²) in [6.45, 7) is 4.69. The summed E-state index contributed by atoms with van der Waals surface area (Å²) in [5, 5.41) is 9.47. The van der Waals surface area contributed by atoms with Gasteiger partial charge in [-0.15, -0.1) is 11.8 Å². The van der Waals surface area contributed by atoms with Crippen molar-refractivity contribution in [2.24, 2.45) is 5.92 Å². The Morgan fingerprint density at radius 1 is 1.21 bits per heavy atom. The van der Waals surface area contributed by atoms with Crippen LogP contribution in [0, 0.1) is 5.92 Å². The number of hydrogen-bond donors (Lipinski definition) is 1. The van der Waals surface area contributed by atoms with Crippen molar-refractivity contribution in [3.05, 3.63) is 30.3 Å². The van der Waals surface area contributed by atoms with E-state index in [9.17, 15) is 0 Å². The van der Waals surface area contributed by atoms with E-state index in [1.165, 1.54) is 4.90 Å². The molecule has 0 saturated carbocycles. The zero-order valence-corrected chi connectivity index (χ0v) is 9.63. The summed E-state index contributed by atoms with van der Waals surface area (Å²) in [6.07, 6.45) is 0.872. The summed E-state index contributed by atoms with van der Waals surface area (Å²) >= 11 is 1.86. The number of aliphatic hydroxyl groups is 1. The highest BCUT2D eigenvalue weighted by Gasteiger charge is 2.13. The summed E-state index contributed by atoms with van der Waals surface area (Å²) in [6, 6.07) is 10.4. The molecule has 2 heteroatoms. The number of benzene rings is 1. The Morgan fingerprint density at radius 3 is 2.36 bits per heavy atom. The van der Waals surface area contributed by atoms with Crippen molar-refractivity contribution >= 4 is 11.8 Å². The van der Waals surface area contributed by atoms with Crippen molar-refractivity contribution in [3.63, 3.8) is 0 Å². The van der Waals surface area contributed by atoms with Crippen molar-refractivity contribution in [2.45, 2.75) is 30.4 Å². The molecule has 1 aromatic carbocycles. The van der Waals surface area contributed by atoms with E-state index in [0.717, 1.165) is 6.42 Å². The second-order valence-corrected chi connectivity index (χ2v) is 5.04. The maximum Gasteiger partial charge on any atom is 0.0441 e. The maximum atomic E-state index is 8.95. The molecule has 0 amide bonds. The van der Waals surface area contributed by atoms with Gasteiger partial charge in [-0.05, 0) is 24.5 Å². The smallest absolute Gasteiger partial charge is 0.0441 e. The van der Waals surface area contributed by atoms with E-state index in [4.69, 9.17) is 5.11 Å². The van der Waals surface area contributed by atoms with E-state index in [-0.39, 0.29) is 6.61 Å². The first-order valence-corrected chi connectivity index (χ1v) is 5.94. The second kappa shape index (κ2) is 6.10. The van der Waals surface area contributed by atoms with Gasteiger partial charge in [0.05, 0.1) is 0 Å². The Labute approximate surface area is 90.5 Å². The molecule has 0 aliphatic heterocycles. The SMILES string of the molecule is CC(C)[C@@H](CCO)Sc1ccccc1. The Kier molecular flexibility index (Phi) is 5.05. The van der Waals surface area contributed by atoms with E-state index in [0.29, 0.717) is 11.2 Å². The topological polar surface area (TPSA) is 20.2 Å². The van der Waals surface area contributed by atoms with Gasteiger partial charge >= 0.3 is 0 Å². The summed E-state index contributed by atoms with van der Waals surface area (Å²) in [4.78, 5) is 1.29. The number of aliphatic hydroxyl groups excluding tert-OH is 1. The highest BCUT2D eigenvalue weighted by Crippen LogP contribution is 2.29. The standard InChI is InChI=1S/C12H18OS/c1-10(2)12(8-9-13)14-11-6-4-3-5-7-11/h3-7,10,12-13H,8-9H2,1-2H3/t12-/m1/s1. The molecule has 0 saturated heterocycles. The molecular formula is C12H18OS. The van der Waals surface area contributed by atoms with Crippen LogP contribution in [-0.2, 0) is 0 Å². The third-order valence-electron chi connectivity index (χ3n) is 2.19. The molecule has 14 heavy (non-hydrogen) atoms. The zero-order chi connectivity index (χ0) is 10.4. The Morgan fingerprint density at radius 2 is 1.86 bits per heavy atom. The summed E-state index contributed by atoms with van der Waals surface area (Å²) in [5.74, 6) is 0.604. The molecule has 0 aromatic heterocycles. The lowest BCUT2D eigenvalue weighted by atomic mass is 10.1. The first-order chi connectivity index (χ1) is 6.74. The largest absolute Gasteiger partial charge is 0.396 e. The highest BCUT2D eigenvalue weighted by molar-refractivity contribution is 8.00. The van der Waals surface area contributed by atoms with Crippen LogP contribution in [0.25, 0.3) is 0 Å². The number of rotatable bonds is 5. The van der Waals surface area contributed by atoms with Crippen molar-refractivity contribution in [1.82, 2.24) is 0 Å². The molecule has 1 N–H and O–H groups in total. The maximum absolute atomic E-state index is 8.95. The molecule has 0 spiro atoms. The van der Waals surface area contributed by atoms with Crippen molar-refractivity contribution in [3.8, 4) is 0 Å². The van der Waals surface area contributed by atoms with Gasteiger partial charge in [0.2, 0.25) is 0 Å². The van der Waals surface area contributed by atoms with E-state index >= 15 is 0 Å². The molecule has 0 aliphatic carbocycles. The number of hydrogen-bond acceptors (Lipinski definition) is 2. The molecule has 0 bridgehead atoms. The zero-order valence-electron chi connectivity index (χ0n) is 8.81. The summed E-state index contributed by atoms with van der Waals surface area (Å²) < 4.78 is 0. The van der Waals surface area contributed by atoms with Crippen LogP contribution in [0.3, 0.4) is 0 Å². The Hall–Kier alpha value is -0.470. The van der Waals surface area contributed by atoms with Crippen LogP contribution < -0.4 is 0 Å². The van der Waals surface area contributed by atoms with E-state index in [1.54, 1.807) is 0 Å². The molecule has 0 heterocycles. The summed E-state index contributed by atoms with van der Waals surface area (Å²) in [5.41, 5.74) is 0. The monoisotopic (exact) mass is 210 g/mol. The summed E-state index contributed by atoms with van der Waals surface area (Å²) in [7, 11) is 0. The lowest BCUT2D eigenvalue weighted by molar-refractivity contribution is 0.279. The average molecular weight is 210 g/mol. The van der Waals surface area contributed by atoms with Crippen molar-refractivity contribution < 1.29 is 5.11 Å². The van der Waals surface area contributed by atoms with E-state index < -0.39 is 0 Å². The Balaban J connectivity index is 2.55. The van der Waals surface area contributed by atoms with Gasteiger partial charge in [0, 0.05) is 16.8 Å². The van der Waals surface area contributed by atoms with Gasteiger partial charge in [-0.1, -0.05) is 32.0 Å². The van der Waals surface area contributed by atoms with Crippen molar-refractivity contribution in [1.29, 1.82) is 0 Å². The van der Waals surface area contributed by atoms with Gasteiger partial charge in [0.25, 0.3) is 0 Å². The molecule has 1 atom stereocenters. The minimum atomic E-state index is 0.280. The van der Waals surface area contributed by atoms with Crippen LogP contribution >= 0.6 is 11.8 Å². The van der Waals surface area contributed by atoms with Crippen LogP contribution in [0.2, 0.25) is 0 Å². The fourth-order valence-electron chi connectivity index (χ4n) is 1.33. The van der Waals surface area contributed by atoms with Gasteiger partial charge in [0.15, 0.2) is 0 Å². The normalized spacial score (nSPS) is 13.1. The van der Waals surface area contributed by atoms with Gasteiger partial charge in [-0.3, -0.25) is 0 Å². The molecule has 0 aliphatic rings. The van der Waals surface area contributed by atoms with Crippen LogP contribution in [-0.4, -0.2) is 17.0 Å². The third kappa shape index (κ3) is 3.72. The Bertz CT molecular complexity index is 246. The van der Waals surface area contributed by atoms with Gasteiger partial charge in [-0.25, -0.2) is 0 Å². The lowest BCUT2D eigenvalue weighted by Gasteiger charge is -2.19. The third-order valence-corrected chi connectivity index (χ3v) is 3.81. The lowest BCUT2D eigenvalue weighted by Crippen LogP contribution is -2.12. The molecule has 0 unspecified atom stereocenters. The molecule has 78 valence electrons. The minimum Gasteiger partial charge on any atom is -0.396 e. The van der Waals surface area contributed by atoms with Crippen LogP contribution in [0.4, 0.5) is 0 Å². The predicted octanol–water partition coefficient (Wildman–Crippen LogP) is 3.19. The quantitative estimate of drug-likeness (QED) is 0.753. The van der Waals surface area contributed by atoms with E-state index in [1.807, 2.05) is 17.8 Å². The van der Waals surface area contributed by atoms with Crippen LogP contribution in [0.5, 0.6) is 0 Å². The minimum absolute atomic E-state index is 0.280.